The molecule has 0 saturated heterocycles. The van der Waals surface area contributed by atoms with Crippen molar-refractivity contribution in [3.05, 3.63) is 58.6 Å². The van der Waals surface area contributed by atoms with Crippen molar-refractivity contribution < 1.29 is 19.4 Å². The molecule has 0 unspecified atom stereocenters. The second kappa shape index (κ2) is 7.70. The molecule has 0 aliphatic heterocycles. The van der Waals surface area contributed by atoms with Gasteiger partial charge in [0.05, 0.1) is 25.6 Å². The quantitative estimate of drug-likeness (QED) is 0.448. The van der Waals surface area contributed by atoms with Gasteiger partial charge in [0.1, 0.15) is 22.9 Å². The minimum absolute atomic E-state index is 0.0811. The van der Waals surface area contributed by atoms with Gasteiger partial charge in [-0.2, -0.15) is 0 Å². The van der Waals surface area contributed by atoms with Crippen molar-refractivity contribution in [2.45, 2.75) is 6.92 Å². The molecule has 0 amide bonds. The Labute approximate surface area is 170 Å². The molecule has 0 saturated carbocycles. The number of carbonyl (C=O) groups is 1. The van der Waals surface area contributed by atoms with Crippen LogP contribution in [0.3, 0.4) is 0 Å². The standard InChI is InChI=1S/C21H18N4O5/c1-3-30-16-9-12(11-5-7-14(21(27)28)15(8-11)29-2)4-6-13(16)18-24-19-17(20(26)25-18)22-10-23-19/h4-10H,3H2,1-2H3,(H,27,28)(H2,22,23,24,25,26). The van der Waals surface area contributed by atoms with Crippen LogP contribution >= 0.6 is 0 Å². The fraction of sp³-hybridized carbons (Fsp3) is 0.143. The molecule has 0 spiro atoms. The smallest absolute Gasteiger partial charge is 0.339 e. The summed E-state index contributed by atoms with van der Waals surface area (Å²) in [5, 5.41) is 9.27. The van der Waals surface area contributed by atoms with E-state index in [1.54, 1.807) is 18.2 Å². The molecule has 9 heteroatoms. The van der Waals surface area contributed by atoms with E-state index in [-0.39, 0.29) is 22.4 Å². The molecular weight excluding hydrogens is 388 g/mol. The SMILES string of the molecule is CCOc1cc(-c2ccc(C(=O)O)c(OC)c2)ccc1-c1nc2[nH]cnc2c(=O)[nH]1. The average molecular weight is 406 g/mol. The third-order valence-corrected chi connectivity index (χ3v) is 4.59. The van der Waals surface area contributed by atoms with Crippen LogP contribution in [0.5, 0.6) is 11.5 Å². The van der Waals surface area contributed by atoms with Gasteiger partial charge in [0.2, 0.25) is 0 Å². The number of ether oxygens (including phenoxy) is 2. The predicted octanol–water partition coefficient (Wildman–Crippen LogP) is 3.09. The normalized spacial score (nSPS) is 10.9. The molecule has 4 rings (SSSR count). The lowest BCUT2D eigenvalue weighted by Gasteiger charge is -2.13. The highest BCUT2D eigenvalue weighted by atomic mass is 16.5. The van der Waals surface area contributed by atoms with Crippen molar-refractivity contribution in [1.29, 1.82) is 0 Å². The lowest BCUT2D eigenvalue weighted by molar-refractivity contribution is 0.0693. The first-order valence-corrected chi connectivity index (χ1v) is 9.14. The summed E-state index contributed by atoms with van der Waals surface area (Å²) in [5.41, 5.74) is 2.52. The predicted molar refractivity (Wildman–Crippen MR) is 110 cm³/mol. The number of nitrogens with one attached hydrogen (secondary N) is 2. The molecule has 9 nitrogen and oxygen atoms in total. The topological polar surface area (TPSA) is 130 Å². The first kappa shape index (κ1) is 19.2. The summed E-state index contributed by atoms with van der Waals surface area (Å²) < 4.78 is 11.0. The van der Waals surface area contributed by atoms with Crippen molar-refractivity contribution >= 4 is 17.1 Å². The van der Waals surface area contributed by atoms with Crippen LogP contribution < -0.4 is 15.0 Å². The molecule has 0 aliphatic carbocycles. The molecule has 0 aliphatic rings. The van der Waals surface area contributed by atoms with Crippen LogP contribution in [0.15, 0.2) is 47.5 Å². The summed E-state index contributed by atoms with van der Waals surface area (Å²) >= 11 is 0. The monoisotopic (exact) mass is 406 g/mol. The number of aromatic carboxylic acids is 1. The van der Waals surface area contributed by atoms with Crippen molar-refractivity contribution in [3.63, 3.8) is 0 Å². The number of hydrogen-bond donors (Lipinski definition) is 3. The average Bonchev–Trinajstić information content (AvgIpc) is 3.22. The van der Waals surface area contributed by atoms with E-state index in [1.807, 2.05) is 19.1 Å². The van der Waals surface area contributed by atoms with Crippen molar-refractivity contribution in [3.8, 4) is 34.0 Å². The van der Waals surface area contributed by atoms with Gasteiger partial charge in [0, 0.05) is 0 Å². The third-order valence-electron chi connectivity index (χ3n) is 4.59. The molecule has 3 N–H and O–H groups in total. The Morgan fingerprint density at radius 3 is 2.57 bits per heavy atom. The Bertz CT molecular complexity index is 1310. The highest BCUT2D eigenvalue weighted by Gasteiger charge is 2.16. The van der Waals surface area contributed by atoms with E-state index in [0.29, 0.717) is 29.4 Å². The van der Waals surface area contributed by atoms with E-state index >= 15 is 0 Å². The number of aromatic amines is 2. The van der Waals surface area contributed by atoms with Gasteiger partial charge in [-0.1, -0.05) is 12.1 Å². The number of benzene rings is 2. The fourth-order valence-electron chi connectivity index (χ4n) is 3.19. The third kappa shape index (κ3) is 3.37. The maximum Gasteiger partial charge on any atom is 0.339 e. The number of methoxy groups -OCH3 is 1. The molecule has 4 aromatic rings. The molecule has 2 heterocycles. The van der Waals surface area contributed by atoms with E-state index in [2.05, 4.69) is 19.9 Å². The lowest BCUT2D eigenvalue weighted by atomic mass is 10.0. The van der Waals surface area contributed by atoms with Gasteiger partial charge < -0.3 is 24.5 Å². The number of imidazole rings is 1. The molecule has 0 fully saturated rings. The number of fused-ring (bicyclic) bond motifs is 1. The van der Waals surface area contributed by atoms with E-state index in [9.17, 15) is 14.7 Å². The van der Waals surface area contributed by atoms with Crippen LogP contribution in [0, 0.1) is 0 Å². The van der Waals surface area contributed by atoms with E-state index in [0.717, 1.165) is 11.1 Å². The Hall–Kier alpha value is -4.14. The summed E-state index contributed by atoms with van der Waals surface area (Å²) in [6.07, 6.45) is 1.41. The minimum Gasteiger partial charge on any atom is -0.496 e. The highest BCUT2D eigenvalue weighted by molar-refractivity contribution is 5.92. The molecule has 0 atom stereocenters. The van der Waals surface area contributed by atoms with Gasteiger partial charge in [-0.25, -0.2) is 14.8 Å². The van der Waals surface area contributed by atoms with Gasteiger partial charge in [-0.15, -0.1) is 0 Å². The van der Waals surface area contributed by atoms with Crippen molar-refractivity contribution in [2.24, 2.45) is 0 Å². The minimum atomic E-state index is -1.06. The summed E-state index contributed by atoms with van der Waals surface area (Å²) in [6, 6.07) is 10.3. The summed E-state index contributed by atoms with van der Waals surface area (Å²) in [4.78, 5) is 37.6. The molecular formula is C21H18N4O5. The number of hydrogen-bond acceptors (Lipinski definition) is 6. The maximum atomic E-state index is 12.3. The van der Waals surface area contributed by atoms with Crippen molar-refractivity contribution in [1.82, 2.24) is 19.9 Å². The number of H-pyrrole nitrogens is 2. The second-order valence-corrected chi connectivity index (χ2v) is 6.38. The van der Waals surface area contributed by atoms with Crippen LogP contribution in [0.25, 0.3) is 33.7 Å². The zero-order valence-electron chi connectivity index (χ0n) is 16.2. The van der Waals surface area contributed by atoms with Gasteiger partial charge in [-0.05, 0) is 42.3 Å². The molecule has 2 aromatic carbocycles. The van der Waals surface area contributed by atoms with Crippen LogP contribution in [0.2, 0.25) is 0 Å². The zero-order chi connectivity index (χ0) is 21.3. The first-order chi connectivity index (χ1) is 14.5. The van der Waals surface area contributed by atoms with Gasteiger partial charge >= 0.3 is 5.97 Å². The van der Waals surface area contributed by atoms with Crippen LogP contribution in [-0.4, -0.2) is 44.7 Å². The summed E-state index contributed by atoms with van der Waals surface area (Å²) in [7, 11) is 1.42. The lowest BCUT2D eigenvalue weighted by Crippen LogP contribution is -2.10. The van der Waals surface area contributed by atoms with Gasteiger partial charge in [-0.3, -0.25) is 4.79 Å². The molecule has 2 aromatic heterocycles. The van der Waals surface area contributed by atoms with Crippen LogP contribution in [0.1, 0.15) is 17.3 Å². The number of carboxylic acids is 1. The number of carboxylic acid groups (broad SMARTS) is 1. The first-order valence-electron chi connectivity index (χ1n) is 9.14. The molecule has 0 radical (unpaired) electrons. The molecule has 30 heavy (non-hydrogen) atoms. The van der Waals surface area contributed by atoms with Gasteiger partial charge in [0.25, 0.3) is 5.56 Å². The summed E-state index contributed by atoms with van der Waals surface area (Å²) in [6.45, 7) is 2.27. The molecule has 152 valence electrons. The Morgan fingerprint density at radius 2 is 1.87 bits per heavy atom. The fourth-order valence-corrected chi connectivity index (χ4v) is 3.19. The molecule has 0 bridgehead atoms. The highest BCUT2D eigenvalue weighted by Crippen LogP contribution is 2.34. The number of rotatable bonds is 6. The Balaban J connectivity index is 1.82. The largest absolute Gasteiger partial charge is 0.496 e. The Kier molecular flexibility index (Phi) is 4.93. The number of nitrogens with zero attached hydrogens (tertiary/aromatic N) is 2. The van der Waals surface area contributed by atoms with Crippen molar-refractivity contribution in [2.75, 3.05) is 13.7 Å². The second-order valence-electron chi connectivity index (χ2n) is 6.38. The Morgan fingerprint density at radius 1 is 1.13 bits per heavy atom. The number of aromatic nitrogens is 4. The van der Waals surface area contributed by atoms with E-state index in [1.165, 1.54) is 19.5 Å². The zero-order valence-corrected chi connectivity index (χ0v) is 16.2. The van der Waals surface area contributed by atoms with Crippen LogP contribution in [0.4, 0.5) is 0 Å². The van der Waals surface area contributed by atoms with E-state index < -0.39 is 5.97 Å². The van der Waals surface area contributed by atoms with Gasteiger partial charge in [0.15, 0.2) is 11.2 Å². The van der Waals surface area contributed by atoms with E-state index in [4.69, 9.17) is 9.47 Å². The maximum absolute atomic E-state index is 12.3. The summed E-state index contributed by atoms with van der Waals surface area (Å²) in [5.74, 6) is 0.0783. The van der Waals surface area contributed by atoms with Crippen LogP contribution in [-0.2, 0) is 0 Å².